The lowest BCUT2D eigenvalue weighted by atomic mass is 9.88. The summed E-state index contributed by atoms with van der Waals surface area (Å²) in [5, 5.41) is 11.2. The molecule has 0 saturated carbocycles. The number of fused-ring (bicyclic) bond motifs is 1. The summed E-state index contributed by atoms with van der Waals surface area (Å²) in [6.07, 6.45) is 4.58. The van der Waals surface area contributed by atoms with Crippen molar-refractivity contribution in [1.29, 1.82) is 0 Å². The lowest BCUT2D eigenvalue weighted by Crippen LogP contribution is -2.29. The van der Waals surface area contributed by atoms with Gasteiger partial charge in [0.05, 0.1) is 11.7 Å². The molecule has 6 nitrogen and oxygen atoms in total. The molecule has 0 spiro atoms. The van der Waals surface area contributed by atoms with Crippen molar-refractivity contribution in [2.24, 2.45) is 5.92 Å². The summed E-state index contributed by atoms with van der Waals surface area (Å²) in [7, 11) is 0. The molecule has 1 aliphatic rings. The fourth-order valence-corrected chi connectivity index (χ4v) is 3.07. The molecule has 0 aliphatic heterocycles. The predicted molar refractivity (Wildman–Crippen MR) is 81.5 cm³/mol. The van der Waals surface area contributed by atoms with Crippen LogP contribution in [0.4, 0.5) is 0 Å². The third-order valence-electron chi connectivity index (χ3n) is 4.34. The van der Waals surface area contributed by atoms with Crippen molar-refractivity contribution in [3.05, 3.63) is 35.0 Å². The summed E-state index contributed by atoms with van der Waals surface area (Å²) in [4.78, 5) is 12.5. The van der Waals surface area contributed by atoms with E-state index in [-0.39, 0.29) is 11.9 Å². The molecule has 0 bridgehead atoms. The van der Waals surface area contributed by atoms with E-state index in [2.05, 4.69) is 22.5 Å². The largest absolute Gasteiger partial charge is 0.360 e. The molecule has 0 radical (unpaired) electrons. The molecule has 22 heavy (non-hydrogen) atoms. The van der Waals surface area contributed by atoms with Crippen LogP contribution >= 0.6 is 0 Å². The Hall–Kier alpha value is -2.11. The van der Waals surface area contributed by atoms with Crippen LogP contribution in [0.25, 0.3) is 0 Å². The Kier molecular flexibility index (Phi) is 4.00. The molecule has 118 valence electrons. The van der Waals surface area contributed by atoms with Crippen LogP contribution in [0.2, 0.25) is 0 Å². The van der Waals surface area contributed by atoms with Crippen molar-refractivity contribution in [2.75, 3.05) is 0 Å². The van der Waals surface area contributed by atoms with E-state index in [4.69, 9.17) is 4.52 Å². The zero-order chi connectivity index (χ0) is 15.7. The highest BCUT2D eigenvalue weighted by atomic mass is 16.5. The van der Waals surface area contributed by atoms with Gasteiger partial charge in [0.15, 0.2) is 5.69 Å². The van der Waals surface area contributed by atoms with Crippen LogP contribution in [-0.2, 0) is 19.4 Å². The molecular formula is C16H22N4O2. The summed E-state index contributed by atoms with van der Waals surface area (Å²) in [6.45, 7) is 6.95. The Labute approximate surface area is 129 Å². The predicted octanol–water partition coefficient (Wildman–Crippen LogP) is 2.51. The number of aromatic nitrogens is 3. The minimum Gasteiger partial charge on any atom is -0.360 e. The number of aryl methyl sites for hydroxylation is 2. The van der Waals surface area contributed by atoms with Crippen LogP contribution in [0, 0.1) is 5.92 Å². The van der Waals surface area contributed by atoms with Gasteiger partial charge in [0, 0.05) is 24.7 Å². The van der Waals surface area contributed by atoms with Gasteiger partial charge in [-0.25, -0.2) is 0 Å². The zero-order valence-corrected chi connectivity index (χ0v) is 13.3. The van der Waals surface area contributed by atoms with Gasteiger partial charge in [-0.3, -0.25) is 9.48 Å². The maximum atomic E-state index is 12.5. The molecule has 0 fully saturated rings. The van der Waals surface area contributed by atoms with E-state index in [1.54, 1.807) is 6.20 Å². The molecule has 2 aromatic rings. The zero-order valence-electron chi connectivity index (χ0n) is 13.3. The average Bonchev–Trinajstić information content (AvgIpc) is 3.12. The fraction of sp³-hybridized carbons (Fsp3) is 0.562. The summed E-state index contributed by atoms with van der Waals surface area (Å²) < 4.78 is 7.23. The number of hydrogen-bond donors (Lipinski definition) is 1. The van der Waals surface area contributed by atoms with Gasteiger partial charge >= 0.3 is 0 Å². The molecule has 6 heteroatoms. The lowest BCUT2D eigenvalue weighted by molar-refractivity contribution is 0.0928. The van der Waals surface area contributed by atoms with Crippen molar-refractivity contribution in [1.82, 2.24) is 20.3 Å². The Balaban J connectivity index is 1.77. The van der Waals surface area contributed by atoms with Crippen molar-refractivity contribution < 1.29 is 9.32 Å². The fourth-order valence-electron chi connectivity index (χ4n) is 3.07. The smallest absolute Gasteiger partial charge is 0.274 e. The monoisotopic (exact) mass is 302 g/mol. The van der Waals surface area contributed by atoms with Gasteiger partial charge in [-0.1, -0.05) is 12.1 Å². The number of rotatable bonds is 4. The third-order valence-corrected chi connectivity index (χ3v) is 4.34. The lowest BCUT2D eigenvalue weighted by Gasteiger charge is -2.18. The van der Waals surface area contributed by atoms with Gasteiger partial charge in [0.25, 0.3) is 5.91 Å². The molecule has 2 atom stereocenters. The maximum absolute atomic E-state index is 12.5. The molecule has 0 aromatic carbocycles. The maximum Gasteiger partial charge on any atom is 0.274 e. The van der Waals surface area contributed by atoms with Gasteiger partial charge in [0.1, 0.15) is 5.76 Å². The van der Waals surface area contributed by atoms with Crippen LogP contribution in [0.3, 0.4) is 0 Å². The average molecular weight is 302 g/mol. The van der Waals surface area contributed by atoms with E-state index < -0.39 is 0 Å². The van der Waals surface area contributed by atoms with Crippen molar-refractivity contribution >= 4 is 5.91 Å². The van der Waals surface area contributed by atoms with E-state index in [1.807, 2.05) is 24.6 Å². The summed E-state index contributed by atoms with van der Waals surface area (Å²) >= 11 is 0. The SMILES string of the molecule is CCn1nccc1C(C)NC(=O)c1noc2c1CC(C)CC2. The number of nitrogens with zero attached hydrogens (tertiary/aromatic N) is 3. The molecule has 0 saturated heterocycles. The first-order chi connectivity index (χ1) is 10.6. The first-order valence-corrected chi connectivity index (χ1v) is 7.90. The van der Waals surface area contributed by atoms with Crippen molar-refractivity contribution in [2.45, 2.75) is 52.6 Å². The number of carbonyl (C=O) groups excluding carboxylic acids is 1. The minimum atomic E-state index is -0.171. The second-order valence-corrected chi connectivity index (χ2v) is 6.05. The number of amides is 1. The molecule has 2 unspecified atom stereocenters. The van der Waals surface area contributed by atoms with Crippen LogP contribution in [-0.4, -0.2) is 20.8 Å². The van der Waals surface area contributed by atoms with Crippen LogP contribution in [0.1, 0.15) is 60.7 Å². The molecule has 1 amide bonds. The Bertz CT molecular complexity index is 673. The summed E-state index contributed by atoms with van der Waals surface area (Å²) in [5.74, 6) is 1.27. The number of carbonyl (C=O) groups is 1. The van der Waals surface area contributed by atoms with Crippen LogP contribution in [0.5, 0.6) is 0 Å². The molecule has 1 aliphatic carbocycles. The van der Waals surface area contributed by atoms with Gasteiger partial charge in [-0.05, 0) is 38.7 Å². The Morgan fingerprint density at radius 3 is 3.18 bits per heavy atom. The highest BCUT2D eigenvalue weighted by Gasteiger charge is 2.27. The summed E-state index contributed by atoms with van der Waals surface area (Å²) in [5.41, 5.74) is 2.41. The van der Waals surface area contributed by atoms with E-state index in [1.165, 1.54) is 0 Å². The molecule has 1 N–H and O–H groups in total. The molecule has 3 rings (SSSR count). The van der Waals surface area contributed by atoms with Crippen LogP contribution < -0.4 is 5.32 Å². The minimum absolute atomic E-state index is 0.122. The molecule has 2 heterocycles. The van der Waals surface area contributed by atoms with E-state index >= 15 is 0 Å². The Morgan fingerprint density at radius 1 is 1.59 bits per heavy atom. The first kappa shape index (κ1) is 14.8. The third kappa shape index (κ3) is 2.65. The number of nitrogens with one attached hydrogen (secondary N) is 1. The van der Waals surface area contributed by atoms with E-state index in [0.717, 1.165) is 42.8 Å². The van der Waals surface area contributed by atoms with Gasteiger partial charge < -0.3 is 9.84 Å². The highest BCUT2D eigenvalue weighted by Crippen LogP contribution is 2.28. The van der Waals surface area contributed by atoms with Crippen molar-refractivity contribution in [3.8, 4) is 0 Å². The standard InChI is InChI=1S/C16H22N4O2/c1-4-20-13(7-8-17-20)11(3)18-16(21)15-12-9-10(2)5-6-14(12)22-19-15/h7-8,10-11H,4-6,9H2,1-3H3,(H,18,21). The molecular weight excluding hydrogens is 280 g/mol. The number of hydrogen-bond acceptors (Lipinski definition) is 4. The van der Waals surface area contributed by atoms with E-state index in [9.17, 15) is 4.79 Å². The van der Waals surface area contributed by atoms with Crippen molar-refractivity contribution in [3.63, 3.8) is 0 Å². The van der Waals surface area contributed by atoms with Gasteiger partial charge in [-0.15, -0.1) is 0 Å². The summed E-state index contributed by atoms with van der Waals surface area (Å²) in [6, 6.07) is 1.80. The molecule has 2 aromatic heterocycles. The Morgan fingerprint density at radius 2 is 2.41 bits per heavy atom. The normalized spacial score (nSPS) is 18.8. The second kappa shape index (κ2) is 5.94. The van der Waals surface area contributed by atoms with Gasteiger partial charge in [0.2, 0.25) is 0 Å². The van der Waals surface area contributed by atoms with E-state index in [0.29, 0.717) is 11.6 Å². The quantitative estimate of drug-likeness (QED) is 0.942. The van der Waals surface area contributed by atoms with Crippen LogP contribution in [0.15, 0.2) is 16.8 Å². The van der Waals surface area contributed by atoms with Gasteiger partial charge in [-0.2, -0.15) is 5.10 Å². The second-order valence-electron chi connectivity index (χ2n) is 6.05. The topological polar surface area (TPSA) is 73.0 Å². The highest BCUT2D eigenvalue weighted by molar-refractivity contribution is 5.94. The first-order valence-electron chi connectivity index (χ1n) is 7.90.